The van der Waals surface area contributed by atoms with Gasteiger partial charge in [0, 0.05) is 34.3 Å². The molecule has 0 aromatic heterocycles. The summed E-state index contributed by atoms with van der Waals surface area (Å²) in [6, 6.07) is 29.9. The van der Waals surface area contributed by atoms with Crippen molar-refractivity contribution in [2.24, 2.45) is 0 Å². The summed E-state index contributed by atoms with van der Waals surface area (Å²) in [5, 5.41) is 23.7. The van der Waals surface area contributed by atoms with Gasteiger partial charge in [-0.1, -0.05) is 78.9 Å². The summed E-state index contributed by atoms with van der Waals surface area (Å²) in [6.07, 6.45) is -1.61. The lowest BCUT2D eigenvalue weighted by molar-refractivity contribution is -0.419. The van der Waals surface area contributed by atoms with Gasteiger partial charge in [0.2, 0.25) is 23.1 Å². The van der Waals surface area contributed by atoms with Gasteiger partial charge in [-0.25, -0.2) is 19.2 Å². The number of carboxylic acid groups (broad SMARTS) is 1. The summed E-state index contributed by atoms with van der Waals surface area (Å²) < 4.78 is 16.7. The van der Waals surface area contributed by atoms with Crippen molar-refractivity contribution in [3.63, 3.8) is 0 Å². The molecule has 0 saturated carbocycles. The predicted octanol–water partition coefficient (Wildman–Crippen LogP) is 3.99. The van der Waals surface area contributed by atoms with Crippen LogP contribution in [0, 0.1) is 0 Å². The molecule has 0 unspecified atom stereocenters. The summed E-state index contributed by atoms with van der Waals surface area (Å²) in [6.45, 7) is 5.86. The Kier molecular flexibility index (Phi) is 15.0. The molecule has 6 amide bonds. The number of hydrogen-bond acceptors (Lipinski definition) is 10. The minimum absolute atomic E-state index is 0.0102. The van der Waals surface area contributed by atoms with Gasteiger partial charge in [0.05, 0.1) is 11.6 Å². The smallest absolute Gasteiger partial charge is 0.408 e. The number of rotatable bonds is 15. The third kappa shape index (κ3) is 12.2. The van der Waals surface area contributed by atoms with Crippen LogP contribution in [0.1, 0.15) is 49.2 Å². The number of fused-ring (bicyclic) bond motifs is 2. The third-order valence-electron chi connectivity index (χ3n) is 10.1. The molecule has 0 bridgehead atoms. The number of hydrogen-bond donors (Lipinski definition) is 7. The van der Waals surface area contributed by atoms with Crippen LogP contribution in [0.5, 0.6) is 0 Å². The molecule has 1 aliphatic heterocycles. The maximum absolute atomic E-state index is 13.3. The quantitative estimate of drug-likeness (QED) is 0.0727. The van der Waals surface area contributed by atoms with E-state index in [-0.39, 0.29) is 41.2 Å². The van der Waals surface area contributed by atoms with Crippen LogP contribution in [0.15, 0.2) is 126 Å². The van der Waals surface area contributed by atoms with Gasteiger partial charge in [-0.15, -0.1) is 0 Å². The SMILES string of the molecule is C[C@H](NC(=O)OCc1ccccc1)C(=O)N[C@@H](C)C(=O)Nc1ccc2c(-c3ccccc3C(=O)O)c3ccc(=[NH+]C(=O)[C@H](C)NC(=O)[C@H](C)NC(=O)OCc4ccccc4)cc-3oc2c1. The van der Waals surface area contributed by atoms with Crippen LogP contribution in [0.4, 0.5) is 15.3 Å². The minimum atomic E-state index is -1.16. The standard InChI is InChI=1S/C48H46N6O11/c1-27(49-42(55)29(3)51-47(61)63-25-31-13-7-5-8-14-31)44(57)53-33-19-21-37-39(23-33)65-40-24-34(20-22-38(40)41(37)35-17-11-12-18-36(35)46(59)60)54-45(58)28(2)50-43(56)30(4)52-48(62)64-26-32-15-9-6-10-16-32/h5-24,27-30H,25-26H2,1-4H3,(H,49,55)(H,50,56)(H,51,61)(H,52,62)(H,53,57)(H,59,60)/p+1/t27-,28-,29-,30-/m0/s1. The Labute approximate surface area is 372 Å². The highest BCUT2D eigenvalue weighted by molar-refractivity contribution is 6.08. The highest BCUT2D eigenvalue weighted by Gasteiger charge is 2.27. The summed E-state index contributed by atoms with van der Waals surface area (Å²) in [5.41, 5.74) is 3.46. The largest absolute Gasteiger partial charge is 0.478 e. The van der Waals surface area contributed by atoms with Crippen molar-refractivity contribution in [2.75, 3.05) is 5.32 Å². The minimum Gasteiger partial charge on any atom is -0.478 e. The Hall–Kier alpha value is -8.34. The number of carbonyl (C=O) groups excluding carboxylic acids is 6. The molecule has 7 N–H and O–H groups in total. The molecule has 0 spiro atoms. The molecule has 4 atom stereocenters. The van der Waals surface area contributed by atoms with Crippen molar-refractivity contribution >= 4 is 58.4 Å². The van der Waals surface area contributed by atoms with E-state index in [9.17, 15) is 38.7 Å². The fraction of sp³-hybridized carbons (Fsp3) is 0.208. The second kappa shape index (κ2) is 21.2. The molecule has 17 nitrogen and oxygen atoms in total. The van der Waals surface area contributed by atoms with E-state index in [4.69, 9.17) is 13.9 Å². The first-order valence-electron chi connectivity index (χ1n) is 20.5. The van der Waals surface area contributed by atoms with Crippen molar-refractivity contribution < 1.29 is 57.6 Å². The number of carboxylic acids is 1. The van der Waals surface area contributed by atoms with Crippen LogP contribution in [-0.2, 0) is 41.9 Å². The number of alkyl carbamates (subject to hydrolysis) is 2. The van der Waals surface area contributed by atoms with Gasteiger partial charge in [-0.2, -0.15) is 4.99 Å². The van der Waals surface area contributed by atoms with E-state index < -0.39 is 66.0 Å². The monoisotopic (exact) mass is 883 g/mol. The molecule has 1 aliphatic carbocycles. The Balaban J connectivity index is 1.18. The van der Waals surface area contributed by atoms with Gasteiger partial charge in [0.25, 0.3) is 0 Å². The second-order valence-corrected chi connectivity index (χ2v) is 15.0. The summed E-state index contributed by atoms with van der Waals surface area (Å²) in [4.78, 5) is 92.2. The fourth-order valence-electron chi connectivity index (χ4n) is 6.55. The Morgan fingerprint density at radius 3 is 1.71 bits per heavy atom. The van der Waals surface area contributed by atoms with Gasteiger partial charge in [-0.05, 0) is 68.7 Å². The summed E-state index contributed by atoms with van der Waals surface area (Å²) in [5.74, 6) is -3.36. The van der Waals surface area contributed by atoms with Crippen LogP contribution < -0.4 is 36.9 Å². The highest BCUT2D eigenvalue weighted by atomic mass is 16.6. The van der Waals surface area contributed by atoms with Gasteiger partial charge in [-0.3, -0.25) is 14.4 Å². The molecule has 4 aromatic carbocycles. The molecular weight excluding hydrogens is 837 g/mol. The Bertz CT molecular complexity index is 2780. The molecule has 17 heteroatoms. The van der Waals surface area contributed by atoms with Crippen LogP contribution in [0.3, 0.4) is 0 Å². The van der Waals surface area contributed by atoms with E-state index in [0.717, 1.165) is 11.1 Å². The summed E-state index contributed by atoms with van der Waals surface area (Å²) >= 11 is 0. The Morgan fingerprint density at radius 2 is 1.12 bits per heavy atom. The van der Waals surface area contributed by atoms with Crippen molar-refractivity contribution in [1.29, 1.82) is 0 Å². The molecule has 65 heavy (non-hydrogen) atoms. The molecular formula is C48H47N6O11+. The number of anilines is 1. The van der Waals surface area contributed by atoms with Crippen LogP contribution >= 0.6 is 0 Å². The topological polar surface area (TPSA) is 245 Å². The zero-order valence-corrected chi connectivity index (χ0v) is 35.8. The molecule has 334 valence electrons. The fourth-order valence-corrected chi connectivity index (χ4v) is 6.55. The summed E-state index contributed by atoms with van der Waals surface area (Å²) in [7, 11) is 0. The lowest BCUT2D eigenvalue weighted by Gasteiger charge is -2.19. The molecule has 4 aromatic rings. The first-order chi connectivity index (χ1) is 31.2. The van der Waals surface area contributed by atoms with Gasteiger partial charge >= 0.3 is 24.1 Å². The first kappa shape index (κ1) is 46.2. The average molecular weight is 884 g/mol. The lowest BCUT2D eigenvalue weighted by Crippen LogP contribution is -2.84. The van der Waals surface area contributed by atoms with Crippen LogP contribution in [0.2, 0.25) is 0 Å². The highest BCUT2D eigenvalue weighted by Crippen LogP contribution is 2.41. The number of nitrogens with one attached hydrogen (secondary N) is 6. The van der Waals surface area contributed by atoms with Crippen molar-refractivity contribution in [3.8, 4) is 22.5 Å². The number of aromatic carboxylic acids is 1. The van der Waals surface area contributed by atoms with E-state index in [0.29, 0.717) is 22.1 Å². The van der Waals surface area contributed by atoms with E-state index in [1.807, 2.05) is 12.1 Å². The molecule has 0 saturated heterocycles. The van der Waals surface area contributed by atoms with Crippen molar-refractivity contribution in [3.05, 3.63) is 143 Å². The molecule has 0 fully saturated rings. The number of benzene rings is 5. The van der Waals surface area contributed by atoms with Gasteiger partial charge in [0.15, 0.2) is 6.04 Å². The third-order valence-corrected chi connectivity index (χ3v) is 10.1. The number of carbonyl (C=O) groups is 7. The molecule has 1 heterocycles. The normalized spacial score (nSPS) is 13.1. The molecule has 2 aliphatic rings. The van der Waals surface area contributed by atoms with Crippen LogP contribution in [0.25, 0.3) is 33.4 Å². The van der Waals surface area contributed by atoms with Crippen molar-refractivity contribution in [2.45, 2.75) is 65.1 Å². The number of amides is 6. The maximum atomic E-state index is 13.3. The molecule has 6 rings (SSSR count). The lowest BCUT2D eigenvalue weighted by atomic mass is 9.90. The van der Waals surface area contributed by atoms with E-state index >= 15 is 0 Å². The second-order valence-electron chi connectivity index (χ2n) is 15.0. The van der Waals surface area contributed by atoms with E-state index in [1.165, 1.54) is 45.9 Å². The van der Waals surface area contributed by atoms with Gasteiger partial charge < -0.3 is 45.6 Å². The Morgan fingerprint density at radius 1 is 0.585 bits per heavy atom. The predicted molar refractivity (Wildman–Crippen MR) is 237 cm³/mol. The molecule has 0 radical (unpaired) electrons. The first-order valence-corrected chi connectivity index (χ1v) is 20.5. The number of ether oxygens (including phenoxy) is 2. The maximum Gasteiger partial charge on any atom is 0.408 e. The van der Waals surface area contributed by atoms with E-state index in [1.54, 1.807) is 91.0 Å². The zero-order chi connectivity index (χ0) is 46.6. The van der Waals surface area contributed by atoms with Gasteiger partial charge in [0.1, 0.15) is 42.7 Å². The van der Waals surface area contributed by atoms with Crippen molar-refractivity contribution in [1.82, 2.24) is 21.3 Å². The zero-order valence-electron chi connectivity index (χ0n) is 35.8. The average Bonchev–Trinajstić information content (AvgIpc) is 3.29. The van der Waals surface area contributed by atoms with Crippen LogP contribution in [-0.4, -0.2) is 71.1 Å². The van der Waals surface area contributed by atoms with E-state index in [2.05, 4.69) is 31.6 Å².